The van der Waals surface area contributed by atoms with Gasteiger partial charge in [0.25, 0.3) is 0 Å². The molecular formula is C12H12N2O. The van der Waals surface area contributed by atoms with E-state index in [0.29, 0.717) is 5.56 Å². The summed E-state index contributed by atoms with van der Waals surface area (Å²) in [6.07, 6.45) is 1.51. The third kappa shape index (κ3) is 3.65. The molecule has 1 aromatic carbocycles. The minimum Gasteiger partial charge on any atom is -0.359 e. The first-order chi connectivity index (χ1) is 7.11. The maximum atomic E-state index is 10.8. The number of carbonyl (C=O) groups excluding carboxylic acids is 1. The van der Waals surface area contributed by atoms with Crippen molar-refractivity contribution in [3.05, 3.63) is 41.6 Å². The maximum absolute atomic E-state index is 10.8. The minimum absolute atomic E-state index is 0.00330. The molecule has 0 fully saturated rings. The molecule has 0 bridgehead atoms. The van der Waals surface area contributed by atoms with Gasteiger partial charge in [0.05, 0.1) is 11.6 Å². The molecule has 0 atom stereocenters. The van der Waals surface area contributed by atoms with E-state index in [4.69, 9.17) is 5.26 Å². The molecule has 0 radical (unpaired) electrons. The second kappa shape index (κ2) is 4.97. The van der Waals surface area contributed by atoms with E-state index in [1.165, 1.54) is 13.0 Å². The van der Waals surface area contributed by atoms with Crippen molar-refractivity contribution in [2.24, 2.45) is 0 Å². The number of anilines is 1. The molecule has 0 heterocycles. The van der Waals surface area contributed by atoms with Crippen LogP contribution in [0.1, 0.15) is 19.4 Å². The number of ketones is 1. The van der Waals surface area contributed by atoms with E-state index >= 15 is 0 Å². The highest BCUT2D eigenvalue weighted by Crippen LogP contribution is 2.11. The Morgan fingerprint density at radius 2 is 2.20 bits per heavy atom. The Bertz CT molecular complexity index is 441. The summed E-state index contributed by atoms with van der Waals surface area (Å²) in [6.45, 7) is 3.30. The van der Waals surface area contributed by atoms with Crippen molar-refractivity contribution in [2.45, 2.75) is 13.8 Å². The van der Waals surface area contributed by atoms with Crippen LogP contribution in [0.25, 0.3) is 0 Å². The Morgan fingerprint density at radius 3 is 2.80 bits per heavy atom. The predicted molar refractivity (Wildman–Crippen MR) is 59.2 cm³/mol. The average molecular weight is 200 g/mol. The lowest BCUT2D eigenvalue weighted by molar-refractivity contribution is -0.112. The first kappa shape index (κ1) is 11.0. The van der Waals surface area contributed by atoms with Gasteiger partial charge in [0, 0.05) is 11.4 Å². The third-order valence-corrected chi connectivity index (χ3v) is 1.75. The SMILES string of the molecule is CC(=O)/C=C(/C)Nc1cccc(C#N)c1. The van der Waals surface area contributed by atoms with E-state index in [-0.39, 0.29) is 5.78 Å². The number of hydrogen-bond acceptors (Lipinski definition) is 3. The summed E-state index contributed by atoms with van der Waals surface area (Å²) in [5.74, 6) is -0.00330. The highest BCUT2D eigenvalue weighted by atomic mass is 16.1. The van der Waals surface area contributed by atoms with Crippen molar-refractivity contribution < 1.29 is 4.79 Å². The monoisotopic (exact) mass is 200 g/mol. The van der Waals surface area contributed by atoms with Crippen molar-refractivity contribution >= 4 is 11.5 Å². The summed E-state index contributed by atoms with van der Waals surface area (Å²) in [5, 5.41) is 11.7. The Kier molecular flexibility index (Phi) is 3.64. The molecular weight excluding hydrogens is 188 g/mol. The molecule has 0 aliphatic heterocycles. The van der Waals surface area contributed by atoms with Crippen LogP contribution in [-0.2, 0) is 4.79 Å². The van der Waals surface area contributed by atoms with E-state index < -0.39 is 0 Å². The van der Waals surface area contributed by atoms with E-state index in [1.807, 2.05) is 6.07 Å². The first-order valence-corrected chi connectivity index (χ1v) is 4.58. The summed E-state index contributed by atoms with van der Waals surface area (Å²) in [7, 11) is 0. The largest absolute Gasteiger partial charge is 0.359 e. The molecule has 0 aromatic heterocycles. The van der Waals surface area contributed by atoms with Crippen LogP contribution in [0.3, 0.4) is 0 Å². The van der Waals surface area contributed by atoms with Gasteiger partial charge in [-0.3, -0.25) is 4.79 Å². The molecule has 1 aromatic rings. The molecule has 0 unspecified atom stereocenters. The molecule has 1 rings (SSSR count). The van der Waals surface area contributed by atoms with Crippen LogP contribution < -0.4 is 5.32 Å². The summed E-state index contributed by atoms with van der Waals surface area (Å²) < 4.78 is 0. The molecule has 1 N–H and O–H groups in total. The maximum Gasteiger partial charge on any atom is 0.154 e. The molecule has 0 saturated carbocycles. The van der Waals surface area contributed by atoms with Crippen LogP contribution in [0.15, 0.2) is 36.0 Å². The lowest BCUT2D eigenvalue weighted by Crippen LogP contribution is -1.98. The second-order valence-corrected chi connectivity index (χ2v) is 3.26. The molecule has 15 heavy (non-hydrogen) atoms. The van der Waals surface area contributed by atoms with E-state index in [1.54, 1.807) is 25.1 Å². The van der Waals surface area contributed by atoms with Gasteiger partial charge in [-0.05, 0) is 38.1 Å². The average Bonchev–Trinajstić information content (AvgIpc) is 2.16. The van der Waals surface area contributed by atoms with Crippen LogP contribution in [0.2, 0.25) is 0 Å². The number of hydrogen-bond donors (Lipinski definition) is 1. The van der Waals surface area contributed by atoms with Gasteiger partial charge in [-0.2, -0.15) is 5.26 Å². The number of nitriles is 1. The molecule has 0 amide bonds. The van der Waals surface area contributed by atoms with Crippen LogP contribution in [0, 0.1) is 11.3 Å². The number of nitrogens with zero attached hydrogens (tertiary/aromatic N) is 1. The molecule has 0 aliphatic carbocycles. The zero-order valence-electron chi connectivity index (χ0n) is 8.74. The van der Waals surface area contributed by atoms with Gasteiger partial charge in [0.15, 0.2) is 5.78 Å². The minimum atomic E-state index is -0.00330. The van der Waals surface area contributed by atoms with Gasteiger partial charge >= 0.3 is 0 Å². The summed E-state index contributed by atoms with van der Waals surface area (Å²) in [5.41, 5.74) is 2.16. The molecule has 0 aliphatic rings. The van der Waals surface area contributed by atoms with Crippen molar-refractivity contribution in [1.82, 2.24) is 0 Å². The Morgan fingerprint density at radius 1 is 1.47 bits per heavy atom. The van der Waals surface area contributed by atoms with Crippen molar-refractivity contribution in [1.29, 1.82) is 5.26 Å². The molecule has 0 spiro atoms. The van der Waals surface area contributed by atoms with Gasteiger partial charge in [0.2, 0.25) is 0 Å². The number of carbonyl (C=O) groups is 1. The number of rotatable bonds is 3. The van der Waals surface area contributed by atoms with Gasteiger partial charge < -0.3 is 5.32 Å². The zero-order valence-corrected chi connectivity index (χ0v) is 8.74. The molecule has 0 saturated heterocycles. The highest BCUT2D eigenvalue weighted by molar-refractivity contribution is 5.88. The van der Waals surface area contributed by atoms with Gasteiger partial charge in [-0.25, -0.2) is 0 Å². The molecule has 76 valence electrons. The summed E-state index contributed by atoms with van der Waals surface area (Å²) in [6, 6.07) is 9.16. The smallest absolute Gasteiger partial charge is 0.154 e. The van der Waals surface area contributed by atoms with Crippen molar-refractivity contribution in [3.8, 4) is 6.07 Å². The number of nitrogens with one attached hydrogen (secondary N) is 1. The molecule has 3 heteroatoms. The Balaban J connectivity index is 2.82. The quantitative estimate of drug-likeness (QED) is 0.762. The number of benzene rings is 1. The van der Waals surface area contributed by atoms with Crippen molar-refractivity contribution in [3.63, 3.8) is 0 Å². The van der Waals surface area contributed by atoms with Crippen LogP contribution >= 0.6 is 0 Å². The van der Waals surface area contributed by atoms with Crippen LogP contribution in [0.4, 0.5) is 5.69 Å². The predicted octanol–water partition coefficient (Wildman–Crippen LogP) is 2.46. The highest BCUT2D eigenvalue weighted by Gasteiger charge is 1.96. The lowest BCUT2D eigenvalue weighted by Gasteiger charge is -2.05. The van der Waals surface area contributed by atoms with E-state index in [0.717, 1.165) is 11.4 Å². The normalized spacial score (nSPS) is 10.6. The van der Waals surface area contributed by atoms with Crippen LogP contribution in [-0.4, -0.2) is 5.78 Å². The summed E-state index contributed by atoms with van der Waals surface area (Å²) in [4.78, 5) is 10.8. The first-order valence-electron chi connectivity index (χ1n) is 4.58. The van der Waals surface area contributed by atoms with Crippen LogP contribution in [0.5, 0.6) is 0 Å². The molecule has 3 nitrogen and oxygen atoms in total. The van der Waals surface area contributed by atoms with Gasteiger partial charge in [-0.1, -0.05) is 6.07 Å². The summed E-state index contributed by atoms with van der Waals surface area (Å²) >= 11 is 0. The Hall–Kier alpha value is -2.08. The second-order valence-electron chi connectivity index (χ2n) is 3.26. The fourth-order valence-electron chi connectivity index (χ4n) is 1.24. The standard InChI is InChI=1S/C12H12N2O/c1-9(6-10(2)15)14-12-5-3-4-11(7-12)8-13/h3-7,14H,1-2H3/b9-6-. The fourth-order valence-corrected chi connectivity index (χ4v) is 1.24. The topological polar surface area (TPSA) is 52.9 Å². The van der Waals surface area contributed by atoms with Gasteiger partial charge in [-0.15, -0.1) is 0 Å². The fraction of sp³-hybridized carbons (Fsp3) is 0.167. The Labute approximate surface area is 89.0 Å². The van der Waals surface area contributed by atoms with Gasteiger partial charge in [0.1, 0.15) is 0 Å². The van der Waals surface area contributed by atoms with Crippen molar-refractivity contribution in [2.75, 3.05) is 5.32 Å². The number of allylic oxidation sites excluding steroid dienone is 2. The zero-order chi connectivity index (χ0) is 11.3. The third-order valence-electron chi connectivity index (χ3n) is 1.75. The van der Waals surface area contributed by atoms with E-state index in [2.05, 4.69) is 11.4 Å². The van der Waals surface area contributed by atoms with E-state index in [9.17, 15) is 4.79 Å². The lowest BCUT2D eigenvalue weighted by atomic mass is 10.2.